The molecule has 0 aliphatic rings. The Hall–Kier alpha value is -5.00. The van der Waals surface area contributed by atoms with E-state index in [1.165, 1.54) is 5.48 Å². The molecule has 7 N–H and O–H groups in total. The van der Waals surface area contributed by atoms with E-state index in [2.05, 4.69) is 44.6 Å². The maximum Gasteiger partial charge on any atom is 0.267 e. The number of pyridine rings is 1. The molecule has 0 aliphatic heterocycles. The molecule has 0 saturated carbocycles. The topological polar surface area (TPSA) is 158 Å². The number of nitrogens with zero attached hydrogens (tertiary/aromatic N) is 1. The lowest BCUT2D eigenvalue weighted by Crippen LogP contribution is -2.50. The van der Waals surface area contributed by atoms with Gasteiger partial charge in [0.15, 0.2) is 0 Å². The molecule has 10 nitrogen and oxygen atoms in total. The van der Waals surface area contributed by atoms with Gasteiger partial charge in [-0.2, -0.15) is 0 Å². The van der Waals surface area contributed by atoms with Gasteiger partial charge in [0.25, 0.3) is 11.8 Å². The van der Waals surface area contributed by atoms with Crippen molar-refractivity contribution >= 4 is 23.4 Å². The maximum absolute atomic E-state index is 12.2. The Bertz CT molecular complexity index is 1370. The molecule has 3 aromatic rings. The van der Waals surface area contributed by atoms with Gasteiger partial charge in [-0.3, -0.25) is 24.6 Å². The molecule has 0 spiro atoms. The zero-order chi connectivity index (χ0) is 27.2. The highest BCUT2D eigenvalue weighted by Crippen LogP contribution is 2.08. The predicted octanol–water partition coefficient (Wildman–Crippen LogP) is 0.776. The first kappa shape index (κ1) is 27.6. The van der Waals surface area contributed by atoms with Crippen LogP contribution in [0.1, 0.15) is 27.2 Å². The molecule has 0 radical (unpaired) electrons. The summed E-state index contributed by atoms with van der Waals surface area (Å²) in [5, 5.41) is 17.0. The number of nitrogens with one attached hydrogen (secondary N) is 4. The number of hydroxylamine groups is 1. The Balaban J connectivity index is 1.47. The molecule has 192 valence electrons. The third kappa shape index (κ3) is 8.90. The second-order valence-electron chi connectivity index (χ2n) is 7.87. The summed E-state index contributed by atoms with van der Waals surface area (Å²) < 4.78 is 0. The number of carbonyl (C=O) groups is 3. The van der Waals surface area contributed by atoms with Crippen molar-refractivity contribution in [1.82, 2.24) is 21.1 Å². The van der Waals surface area contributed by atoms with E-state index in [1.807, 2.05) is 18.2 Å². The molecule has 0 fully saturated rings. The summed E-state index contributed by atoms with van der Waals surface area (Å²) in [6.07, 6.45) is 1.71. The van der Waals surface area contributed by atoms with E-state index in [0.29, 0.717) is 23.4 Å². The van der Waals surface area contributed by atoms with Crippen LogP contribution in [0.25, 0.3) is 0 Å². The molecule has 1 atom stereocenters. The lowest BCUT2D eigenvalue weighted by molar-refractivity contribution is -0.130. The number of anilines is 1. The highest BCUT2D eigenvalue weighted by Gasteiger charge is 2.19. The molecule has 0 unspecified atom stereocenters. The standard InChI is InChI=1S/C28H26N6O4/c29-17-25(28(37)34-38)33-27(36)22-12-8-20(9-13-22)5-1-2-6-21-10-14-23(15-11-21)32-26(35)19-30-18-24-7-3-4-16-31-24/h3-4,7-16,25,30,38H,17-19,29H2,(H,32,35)(H,33,36)(H,34,37)/t25-/m0/s1. The van der Waals surface area contributed by atoms with Crippen molar-refractivity contribution in [1.29, 1.82) is 0 Å². The Morgan fingerprint density at radius 2 is 1.58 bits per heavy atom. The van der Waals surface area contributed by atoms with Gasteiger partial charge in [-0.25, -0.2) is 5.48 Å². The summed E-state index contributed by atoms with van der Waals surface area (Å²) in [6.45, 7) is 0.501. The second-order valence-corrected chi connectivity index (χ2v) is 7.87. The van der Waals surface area contributed by atoms with Gasteiger partial charge in [-0.15, -0.1) is 0 Å². The van der Waals surface area contributed by atoms with Crippen molar-refractivity contribution in [2.75, 3.05) is 18.4 Å². The van der Waals surface area contributed by atoms with E-state index in [9.17, 15) is 14.4 Å². The summed E-state index contributed by atoms with van der Waals surface area (Å²) in [7, 11) is 0. The van der Waals surface area contributed by atoms with Crippen LogP contribution in [0.3, 0.4) is 0 Å². The molecule has 0 aliphatic carbocycles. The first-order valence-corrected chi connectivity index (χ1v) is 11.6. The fourth-order valence-corrected chi connectivity index (χ4v) is 3.11. The van der Waals surface area contributed by atoms with Crippen LogP contribution in [-0.4, -0.2) is 47.0 Å². The summed E-state index contributed by atoms with van der Waals surface area (Å²) in [5.41, 5.74) is 10.1. The minimum absolute atomic E-state index is 0.161. The van der Waals surface area contributed by atoms with Crippen molar-refractivity contribution in [3.63, 3.8) is 0 Å². The van der Waals surface area contributed by atoms with Crippen LogP contribution in [0, 0.1) is 23.7 Å². The number of rotatable bonds is 9. The summed E-state index contributed by atoms with van der Waals surface area (Å²) >= 11 is 0. The monoisotopic (exact) mass is 510 g/mol. The number of amides is 3. The lowest BCUT2D eigenvalue weighted by atomic mass is 10.1. The van der Waals surface area contributed by atoms with Gasteiger partial charge >= 0.3 is 0 Å². The molecular weight excluding hydrogens is 484 g/mol. The van der Waals surface area contributed by atoms with Gasteiger partial charge in [-0.05, 0) is 72.5 Å². The molecule has 0 saturated heterocycles. The van der Waals surface area contributed by atoms with Gasteiger partial charge in [0.05, 0.1) is 12.2 Å². The smallest absolute Gasteiger partial charge is 0.267 e. The highest BCUT2D eigenvalue weighted by molar-refractivity contribution is 5.97. The van der Waals surface area contributed by atoms with Crippen molar-refractivity contribution < 1.29 is 19.6 Å². The Labute approximate surface area is 220 Å². The van der Waals surface area contributed by atoms with E-state index < -0.39 is 17.9 Å². The zero-order valence-corrected chi connectivity index (χ0v) is 20.3. The van der Waals surface area contributed by atoms with E-state index in [4.69, 9.17) is 10.9 Å². The van der Waals surface area contributed by atoms with E-state index >= 15 is 0 Å². The molecule has 38 heavy (non-hydrogen) atoms. The van der Waals surface area contributed by atoms with Gasteiger partial charge in [0, 0.05) is 41.7 Å². The molecular formula is C28H26N6O4. The van der Waals surface area contributed by atoms with Gasteiger partial charge in [0.2, 0.25) is 5.91 Å². The second kappa shape index (κ2) is 14.5. The SMILES string of the molecule is NC[C@H](NC(=O)c1ccc(C#CC#Cc2ccc(NC(=O)CNCc3ccccn3)cc2)cc1)C(=O)NO. The van der Waals surface area contributed by atoms with Crippen molar-refractivity contribution in [2.45, 2.75) is 12.6 Å². The molecule has 3 rings (SSSR count). The molecule has 0 bridgehead atoms. The van der Waals surface area contributed by atoms with Crippen LogP contribution in [0.4, 0.5) is 5.69 Å². The third-order valence-corrected chi connectivity index (χ3v) is 5.08. The van der Waals surface area contributed by atoms with Crippen molar-refractivity contribution in [3.8, 4) is 23.7 Å². The predicted molar refractivity (Wildman–Crippen MR) is 141 cm³/mol. The summed E-state index contributed by atoms with van der Waals surface area (Å²) in [4.78, 5) is 40.0. The number of hydrogen-bond donors (Lipinski definition) is 6. The zero-order valence-electron chi connectivity index (χ0n) is 20.3. The molecule has 10 heteroatoms. The summed E-state index contributed by atoms with van der Waals surface area (Å²) in [5.74, 6) is 9.87. The Morgan fingerprint density at radius 3 is 2.16 bits per heavy atom. The quantitative estimate of drug-likeness (QED) is 0.141. The number of benzene rings is 2. The van der Waals surface area contributed by atoms with Crippen molar-refractivity contribution in [2.24, 2.45) is 5.73 Å². The molecule has 2 aromatic carbocycles. The number of carbonyl (C=O) groups excluding carboxylic acids is 3. The van der Waals surface area contributed by atoms with Crippen LogP contribution in [0.5, 0.6) is 0 Å². The summed E-state index contributed by atoms with van der Waals surface area (Å²) in [6, 6.07) is 18.1. The van der Waals surface area contributed by atoms with Crippen LogP contribution in [-0.2, 0) is 16.1 Å². The number of hydrogen-bond acceptors (Lipinski definition) is 7. The first-order valence-electron chi connectivity index (χ1n) is 11.6. The van der Waals surface area contributed by atoms with E-state index in [-0.39, 0.29) is 19.0 Å². The fraction of sp³-hybridized carbons (Fsp3) is 0.143. The van der Waals surface area contributed by atoms with Crippen LogP contribution in [0.2, 0.25) is 0 Å². The van der Waals surface area contributed by atoms with Crippen LogP contribution in [0.15, 0.2) is 72.9 Å². The molecule has 1 aromatic heterocycles. The minimum atomic E-state index is -1.05. The minimum Gasteiger partial charge on any atom is -0.339 e. The van der Waals surface area contributed by atoms with Gasteiger partial charge in [-0.1, -0.05) is 17.9 Å². The van der Waals surface area contributed by atoms with E-state index in [0.717, 1.165) is 11.3 Å². The first-order chi connectivity index (χ1) is 18.5. The maximum atomic E-state index is 12.2. The highest BCUT2D eigenvalue weighted by atomic mass is 16.5. The number of aromatic nitrogens is 1. The third-order valence-electron chi connectivity index (χ3n) is 5.08. The van der Waals surface area contributed by atoms with E-state index in [1.54, 1.807) is 54.7 Å². The Morgan fingerprint density at radius 1 is 0.921 bits per heavy atom. The van der Waals surface area contributed by atoms with Gasteiger partial charge < -0.3 is 21.7 Å². The average molecular weight is 511 g/mol. The molecule has 3 amide bonds. The van der Waals surface area contributed by atoms with Gasteiger partial charge in [0.1, 0.15) is 6.04 Å². The normalized spacial score (nSPS) is 10.6. The largest absolute Gasteiger partial charge is 0.339 e. The average Bonchev–Trinajstić information content (AvgIpc) is 2.95. The van der Waals surface area contributed by atoms with Crippen LogP contribution >= 0.6 is 0 Å². The lowest BCUT2D eigenvalue weighted by Gasteiger charge is -2.14. The molecule has 1 heterocycles. The fourth-order valence-electron chi connectivity index (χ4n) is 3.11. The van der Waals surface area contributed by atoms with Crippen molar-refractivity contribution in [3.05, 3.63) is 95.3 Å². The Kier molecular flexibility index (Phi) is 10.5. The van der Waals surface area contributed by atoms with Crippen LogP contribution < -0.4 is 27.2 Å². The number of nitrogens with two attached hydrogens (primary N) is 1.